The van der Waals surface area contributed by atoms with Crippen molar-refractivity contribution in [1.29, 1.82) is 0 Å². The van der Waals surface area contributed by atoms with Crippen LogP contribution in [0, 0.1) is 10.1 Å². The zero-order valence-electron chi connectivity index (χ0n) is 10.4. The number of non-ortho nitro benzene ring substituents is 1. The third-order valence-electron chi connectivity index (χ3n) is 3.17. The molecule has 0 radical (unpaired) electrons. The van der Waals surface area contributed by atoms with Crippen molar-refractivity contribution in [3.05, 3.63) is 58.3 Å². The molecule has 106 valence electrons. The molecule has 7 heteroatoms. The van der Waals surface area contributed by atoms with Crippen molar-refractivity contribution in [2.75, 3.05) is 0 Å². The zero-order chi connectivity index (χ0) is 15.2. The highest BCUT2D eigenvalue weighted by atomic mass is 19.4. The second kappa shape index (κ2) is 4.41. The molecule has 3 rings (SSSR count). The van der Waals surface area contributed by atoms with Crippen molar-refractivity contribution in [2.45, 2.75) is 6.18 Å². The number of nitro benzene ring substituents is 1. The van der Waals surface area contributed by atoms with Gasteiger partial charge in [-0.2, -0.15) is 13.2 Å². The number of nitrogens with zero attached hydrogens (tertiary/aromatic N) is 2. The lowest BCUT2D eigenvalue weighted by atomic mass is 10.0. The van der Waals surface area contributed by atoms with E-state index in [4.69, 9.17) is 0 Å². The average Bonchev–Trinajstić information content (AvgIpc) is 2.44. The maximum atomic E-state index is 13.1. The molecule has 21 heavy (non-hydrogen) atoms. The van der Waals surface area contributed by atoms with Gasteiger partial charge in [-0.3, -0.25) is 10.1 Å². The normalized spacial score (nSPS) is 12.0. The van der Waals surface area contributed by atoms with Gasteiger partial charge < -0.3 is 0 Å². The highest BCUT2D eigenvalue weighted by Gasteiger charge is 2.36. The topological polar surface area (TPSA) is 56.0 Å². The van der Waals surface area contributed by atoms with E-state index in [1.54, 1.807) is 6.07 Å². The van der Waals surface area contributed by atoms with Gasteiger partial charge in [-0.25, -0.2) is 4.98 Å². The summed E-state index contributed by atoms with van der Waals surface area (Å²) in [5.74, 6) is 0. The number of fused-ring (bicyclic) bond motifs is 3. The third kappa shape index (κ3) is 2.06. The molecule has 0 saturated carbocycles. The molecule has 0 N–H and O–H groups in total. The summed E-state index contributed by atoms with van der Waals surface area (Å²) >= 11 is 0. The first-order valence-corrected chi connectivity index (χ1v) is 5.92. The summed E-state index contributed by atoms with van der Waals surface area (Å²) in [5.41, 5.74) is -1.40. The van der Waals surface area contributed by atoms with Gasteiger partial charge in [0.25, 0.3) is 5.69 Å². The second-order valence-corrected chi connectivity index (χ2v) is 4.43. The molecule has 3 aromatic rings. The highest BCUT2D eigenvalue weighted by Crippen LogP contribution is 2.39. The van der Waals surface area contributed by atoms with Crippen LogP contribution in [0.3, 0.4) is 0 Å². The van der Waals surface area contributed by atoms with Gasteiger partial charge in [-0.05, 0) is 6.07 Å². The molecule has 4 nitrogen and oxygen atoms in total. The molecule has 0 fully saturated rings. The molecule has 2 aromatic carbocycles. The molecule has 0 atom stereocenters. The van der Waals surface area contributed by atoms with E-state index in [9.17, 15) is 23.3 Å². The second-order valence-electron chi connectivity index (χ2n) is 4.43. The Hall–Kier alpha value is -2.70. The monoisotopic (exact) mass is 292 g/mol. The third-order valence-corrected chi connectivity index (χ3v) is 3.17. The van der Waals surface area contributed by atoms with E-state index in [0.29, 0.717) is 5.39 Å². The fraction of sp³-hybridized carbons (Fsp3) is 0.0714. The summed E-state index contributed by atoms with van der Waals surface area (Å²) in [6, 6.07) is 9.69. The molecule has 0 aliphatic carbocycles. The molecule has 0 bridgehead atoms. The van der Waals surface area contributed by atoms with Crippen LogP contribution in [0.2, 0.25) is 0 Å². The maximum absolute atomic E-state index is 13.1. The molecule has 1 heterocycles. The van der Waals surface area contributed by atoms with Crippen LogP contribution in [-0.2, 0) is 6.18 Å². The van der Waals surface area contributed by atoms with Crippen LogP contribution in [0.15, 0.2) is 42.5 Å². The molecular weight excluding hydrogens is 285 g/mol. The number of hydrogen-bond donors (Lipinski definition) is 0. The van der Waals surface area contributed by atoms with E-state index in [0.717, 1.165) is 0 Å². The Balaban J connectivity index is 2.61. The number of alkyl halides is 3. The Morgan fingerprint density at radius 2 is 1.67 bits per heavy atom. The van der Waals surface area contributed by atoms with Gasteiger partial charge in [0.1, 0.15) is 0 Å². The van der Waals surface area contributed by atoms with Gasteiger partial charge in [0.15, 0.2) is 5.69 Å². The quantitative estimate of drug-likeness (QED) is 0.381. The molecule has 1 aromatic heterocycles. The SMILES string of the molecule is O=[N+]([O-])c1cccc2c(C(F)(F)F)nc3ccccc3c12. The molecule has 0 aliphatic rings. The number of aromatic nitrogens is 1. The van der Waals surface area contributed by atoms with Crippen molar-refractivity contribution < 1.29 is 18.1 Å². The number of nitro groups is 1. The summed E-state index contributed by atoms with van der Waals surface area (Å²) in [7, 11) is 0. The Bertz CT molecular complexity index is 875. The Labute approximate surface area is 116 Å². The van der Waals surface area contributed by atoms with Crippen molar-refractivity contribution in [2.24, 2.45) is 0 Å². The predicted molar refractivity (Wildman–Crippen MR) is 70.9 cm³/mol. The average molecular weight is 292 g/mol. The summed E-state index contributed by atoms with van der Waals surface area (Å²) in [4.78, 5) is 14.1. The summed E-state index contributed by atoms with van der Waals surface area (Å²) in [6.07, 6.45) is -4.68. The molecule has 0 spiro atoms. The lowest BCUT2D eigenvalue weighted by Crippen LogP contribution is -2.09. The first-order chi connectivity index (χ1) is 9.89. The van der Waals surface area contributed by atoms with Gasteiger partial charge in [0.05, 0.1) is 15.8 Å². The van der Waals surface area contributed by atoms with Crippen LogP contribution in [-0.4, -0.2) is 9.91 Å². The van der Waals surface area contributed by atoms with Crippen LogP contribution in [0.1, 0.15) is 5.69 Å². The van der Waals surface area contributed by atoms with Crippen LogP contribution in [0.25, 0.3) is 21.7 Å². The Morgan fingerprint density at radius 1 is 1.00 bits per heavy atom. The molecule has 0 amide bonds. The Morgan fingerprint density at radius 3 is 2.33 bits per heavy atom. The van der Waals surface area contributed by atoms with Gasteiger partial charge in [-0.1, -0.05) is 30.3 Å². The van der Waals surface area contributed by atoms with E-state index in [-0.39, 0.29) is 22.0 Å². The maximum Gasteiger partial charge on any atom is 0.433 e. The van der Waals surface area contributed by atoms with Gasteiger partial charge in [-0.15, -0.1) is 0 Å². The first kappa shape index (κ1) is 13.3. The molecular formula is C14H7F3N2O2. The van der Waals surface area contributed by atoms with Crippen LogP contribution in [0.5, 0.6) is 0 Å². The minimum absolute atomic E-state index is 0.0413. The summed E-state index contributed by atoms with van der Waals surface area (Å²) in [5, 5.41) is 11.1. The van der Waals surface area contributed by atoms with Gasteiger partial charge in [0.2, 0.25) is 0 Å². The summed E-state index contributed by atoms with van der Waals surface area (Å²) in [6.45, 7) is 0. The number of pyridine rings is 1. The standard InChI is InChI=1S/C14H7F3N2O2/c15-14(16,17)13-9-5-3-7-11(19(20)21)12(9)8-4-1-2-6-10(8)18-13/h1-7H. The van der Waals surface area contributed by atoms with E-state index in [2.05, 4.69) is 4.98 Å². The van der Waals surface area contributed by atoms with Crippen LogP contribution >= 0.6 is 0 Å². The first-order valence-electron chi connectivity index (χ1n) is 5.92. The lowest BCUT2D eigenvalue weighted by Gasteiger charge is -2.12. The number of hydrogen-bond acceptors (Lipinski definition) is 3. The smallest absolute Gasteiger partial charge is 0.258 e. The summed E-state index contributed by atoms with van der Waals surface area (Å²) < 4.78 is 39.4. The number of halogens is 3. The van der Waals surface area contributed by atoms with E-state index >= 15 is 0 Å². The zero-order valence-corrected chi connectivity index (χ0v) is 10.4. The highest BCUT2D eigenvalue weighted by molar-refractivity contribution is 6.11. The van der Waals surface area contributed by atoms with E-state index in [1.165, 1.54) is 36.4 Å². The lowest BCUT2D eigenvalue weighted by molar-refractivity contribution is -0.383. The van der Waals surface area contributed by atoms with Gasteiger partial charge in [0, 0.05) is 16.8 Å². The van der Waals surface area contributed by atoms with Crippen molar-refractivity contribution in [1.82, 2.24) is 4.98 Å². The van der Waals surface area contributed by atoms with Crippen molar-refractivity contribution >= 4 is 27.4 Å². The predicted octanol–water partition coefficient (Wildman–Crippen LogP) is 4.32. The largest absolute Gasteiger partial charge is 0.433 e. The van der Waals surface area contributed by atoms with E-state index in [1.807, 2.05) is 0 Å². The van der Waals surface area contributed by atoms with Crippen LogP contribution in [0.4, 0.5) is 18.9 Å². The Kier molecular flexibility index (Phi) is 2.79. The molecule has 0 saturated heterocycles. The fourth-order valence-electron chi connectivity index (χ4n) is 2.35. The minimum Gasteiger partial charge on any atom is -0.258 e. The number of benzene rings is 2. The van der Waals surface area contributed by atoms with E-state index < -0.39 is 16.8 Å². The minimum atomic E-state index is -4.68. The van der Waals surface area contributed by atoms with Gasteiger partial charge >= 0.3 is 6.18 Å². The van der Waals surface area contributed by atoms with Crippen LogP contribution < -0.4 is 0 Å². The fourth-order valence-corrected chi connectivity index (χ4v) is 2.35. The molecule has 0 aliphatic heterocycles. The van der Waals surface area contributed by atoms with Crippen molar-refractivity contribution in [3.63, 3.8) is 0 Å². The van der Waals surface area contributed by atoms with Crippen molar-refractivity contribution in [3.8, 4) is 0 Å². The number of para-hydroxylation sites is 1. The molecule has 0 unspecified atom stereocenters. The number of rotatable bonds is 1.